The lowest BCUT2D eigenvalue weighted by atomic mass is 10.1. The molecule has 0 aliphatic carbocycles. The molecule has 2 aliphatic rings. The summed E-state index contributed by atoms with van der Waals surface area (Å²) in [5.74, 6) is 0.575. The summed E-state index contributed by atoms with van der Waals surface area (Å²) in [5, 5.41) is 2.90. The fourth-order valence-corrected chi connectivity index (χ4v) is 1.97. The van der Waals surface area contributed by atoms with Gasteiger partial charge in [0.15, 0.2) is 0 Å². The molecule has 0 saturated carbocycles. The largest absolute Gasteiger partial charge is 0.381 e. The highest BCUT2D eigenvalue weighted by Crippen LogP contribution is 2.12. The molecule has 5 heteroatoms. The molecule has 2 heterocycles. The number of amides is 2. The van der Waals surface area contributed by atoms with Crippen LogP contribution in [0, 0.1) is 5.92 Å². The van der Waals surface area contributed by atoms with Gasteiger partial charge in [-0.25, -0.2) is 4.79 Å². The first kappa shape index (κ1) is 12.6. The van der Waals surface area contributed by atoms with Crippen molar-refractivity contribution in [1.82, 2.24) is 10.2 Å². The summed E-state index contributed by atoms with van der Waals surface area (Å²) in [7, 11) is 0. The van der Waals surface area contributed by atoms with Crippen LogP contribution >= 0.6 is 0 Å². The smallest absolute Gasteiger partial charge is 0.317 e. The van der Waals surface area contributed by atoms with Gasteiger partial charge in [-0.05, 0) is 19.3 Å². The van der Waals surface area contributed by atoms with Crippen LogP contribution in [0.5, 0.6) is 0 Å². The maximum absolute atomic E-state index is 11.4. The summed E-state index contributed by atoms with van der Waals surface area (Å²) in [5.41, 5.74) is 0. The minimum Gasteiger partial charge on any atom is -0.381 e. The normalized spacial score (nSPS) is 23.5. The molecule has 2 fully saturated rings. The fraction of sp³-hybridized carbons (Fsp3) is 0.917. The molecule has 0 unspecified atom stereocenters. The number of likely N-dealkylation sites (tertiary alicyclic amines) is 1. The zero-order valence-corrected chi connectivity index (χ0v) is 10.3. The van der Waals surface area contributed by atoms with Gasteiger partial charge < -0.3 is 19.7 Å². The molecule has 2 amide bonds. The lowest BCUT2D eigenvalue weighted by Gasteiger charge is -2.30. The first-order valence-electron chi connectivity index (χ1n) is 6.54. The molecular weight excluding hydrogens is 220 g/mol. The number of ether oxygens (including phenoxy) is 2. The highest BCUT2D eigenvalue weighted by molar-refractivity contribution is 5.74. The van der Waals surface area contributed by atoms with Crippen LogP contribution in [0.4, 0.5) is 4.79 Å². The number of nitrogens with one attached hydrogen (secondary N) is 1. The second kappa shape index (κ2) is 6.81. The van der Waals surface area contributed by atoms with E-state index >= 15 is 0 Å². The van der Waals surface area contributed by atoms with Crippen molar-refractivity contribution in [2.75, 3.05) is 46.1 Å². The Balaban J connectivity index is 1.39. The van der Waals surface area contributed by atoms with Crippen molar-refractivity contribution in [3.8, 4) is 0 Å². The molecule has 0 aromatic rings. The molecule has 2 saturated heterocycles. The van der Waals surface area contributed by atoms with Crippen molar-refractivity contribution < 1.29 is 14.3 Å². The van der Waals surface area contributed by atoms with E-state index in [1.165, 1.54) is 0 Å². The van der Waals surface area contributed by atoms with Crippen LogP contribution in [-0.4, -0.2) is 57.0 Å². The molecule has 1 N–H and O–H groups in total. The van der Waals surface area contributed by atoms with Gasteiger partial charge in [0.25, 0.3) is 0 Å². The first-order chi connectivity index (χ1) is 8.36. The number of hydrogen-bond donors (Lipinski definition) is 1. The van der Waals surface area contributed by atoms with Gasteiger partial charge in [-0.3, -0.25) is 0 Å². The zero-order chi connectivity index (χ0) is 11.9. The molecule has 2 rings (SSSR count). The summed E-state index contributed by atoms with van der Waals surface area (Å²) >= 11 is 0. The molecule has 0 bridgehead atoms. The number of nitrogens with zero attached hydrogens (tertiary/aromatic N) is 1. The highest BCUT2D eigenvalue weighted by Gasteiger charge is 2.19. The third-order valence-electron chi connectivity index (χ3n) is 3.26. The Kier molecular flexibility index (Phi) is 5.07. The van der Waals surface area contributed by atoms with Crippen LogP contribution in [0.1, 0.15) is 19.3 Å². The average molecular weight is 242 g/mol. The summed E-state index contributed by atoms with van der Waals surface area (Å²) in [4.78, 5) is 13.3. The number of urea groups is 1. The van der Waals surface area contributed by atoms with Crippen LogP contribution in [0.2, 0.25) is 0 Å². The maximum atomic E-state index is 11.4. The lowest BCUT2D eigenvalue weighted by molar-refractivity contribution is 0.0881. The van der Waals surface area contributed by atoms with E-state index in [0.717, 1.165) is 58.8 Å². The van der Waals surface area contributed by atoms with Gasteiger partial charge in [-0.1, -0.05) is 0 Å². The van der Waals surface area contributed by atoms with E-state index < -0.39 is 0 Å². The maximum Gasteiger partial charge on any atom is 0.317 e. The molecule has 0 radical (unpaired) electrons. The second-order valence-corrected chi connectivity index (χ2v) is 4.73. The molecule has 17 heavy (non-hydrogen) atoms. The van der Waals surface area contributed by atoms with Gasteiger partial charge in [0.2, 0.25) is 0 Å². The highest BCUT2D eigenvalue weighted by atomic mass is 16.5. The molecular formula is C12H22N2O3. The van der Waals surface area contributed by atoms with Crippen LogP contribution < -0.4 is 5.32 Å². The van der Waals surface area contributed by atoms with E-state index in [4.69, 9.17) is 9.47 Å². The van der Waals surface area contributed by atoms with Gasteiger partial charge in [0.1, 0.15) is 0 Å². The molecule has 1 atom stereocenters. The zero-order valence-electron chi connectivity index (χ0n) is 10.3. The van der Waals surface area contributed by atoms with Gasteiger partial charge in [0, 0.05) is 38.8 Å². The molecule has 0 aromatic heterocycles. The van der Waals surface area contributed by atoms with Crippen molar-refractivity contribution in [3.05, 3.63) is 0 Å². The lowest BCUT2D eigenvalue weighted by Crippen LogP contribution is -2.48. The SMILES string of the molecule is O=C(NCCCOC[C@@H]1CCOC1)N1CCC1. The van der Waals surface area contributed by atoms with E-state index in [9.17, 15) is 4.79 Å². The van der Waals surface area contributed by atoms with Gasteiger partial charge in [0.05, 0.1) is 13.2 Å². The van der Waals surface area contributed by atoms with Crippen LogP contribution in [0.15, 0.2) is 0 Å². The number of hydrogen-bond acceptors (Lipinski definition) is 3. The van der Waals surface area contributed by atoms with Crippen LogP contribution in [-0.2, 0) is 9.47 Å². The summed E-state index contributed by atoms with van der Waals surface area (Å²) in [6.45, 7) is 5.74. The Morgan fingerprint density at radius 2 is 2.35 bits per heavy atom. The van der Waals surface area contributed by atoms with E-state index in [0.29, 0.717) is 12.5 Å². The minimum absolute atomic E-state index is 0.0699. The molecule has 98 valence electrons. The molecule has 0 aromatic carbocycles. The Hall–Kier alpha value is -0.810. The monoisotopic (exact) mass is 242 g/mol. The van der Waals surface area contributed by atoms with Crippen LogP contribution in [0.25, 0.3) is 0 Å². The Morgan fingerprint density at radius 1 is 1.47 bits per heavy atom. The van der Waals surface area contributed by atoms with Crippen LogP contribution in [0.3, 0.4) is 0 Å². The predicted molar refractivity (Wildman–Crippen MR) is 64.0 cm³/mol. The summed E-state index contributed by atoms with van der Waals surface area (Å²) in [6, 6.07) is 0.0699. The number of carbonyl (C=O) groups is 1. The molecule has 2 aliphatic heterocycles. The molecule has 5 nitrogen and oxygen atoms in total. The Morgan fingerprint density at radius 3 is 3.00 bits per heavy atom. The van der Waals surface area contributed by atoms with Gasteiger partial charge in [-0.2, -0.15) is 0 Å². The third-order valence-corrected chi connectivity index (χ3v) is 3.26. The van der Waals surface area contributed by atoms with Gasteiger partial charge >= 0.3 is 6.03 Å². The van der Waals surface area contributed by atoms with Crippen molar-refractivity contribution in [1.29, 1.82) is 0 Å². The van der Waals surface area contributed by atoms with E-state index in [1.807, 2.05) is 4.90 Å². The topological polar surface area (TPSA) is 50.8 Å². The van der Waals surface area contributed by atoms with E-state index in [2.05, 4.69) is 5.32 Å². The molecule has 0 spiro atoms. The van der Waals surface area contributed by atoms with E-state index in [1.54, 1.807) is 0 Å². The Bertz CT molecular complexity index is 238. The second-order valence-electron chi connectivity index (χ2n) is 4.73. The summed E-state index contributed by atoms with van der Waals surface area (Å²) in [6.07, 6.45) is 3.14. The van der Waals surface area contributed by atoms with Crippen molar-refractivity contribution in [3.63, 3.8) is 0 Å². The third kappa shape index (κ3) is 4.16. The standard InChI is InChI=1S/C12H22N2O3/c15-12(14-5-2-6-14)13-4-1-7-16-9-11-3-8-17-10-11/h11H,1-10H2,(H,13,15)/t11-/m0/s1. The average Bonchev–Trinajstić information content (AvgIpc) is 2.73. The van der Waals surface area contributed by atoms with Gasteiger partial charge in [-0.15, -0.1) is 0 Å². The Labute approximate surface area is 102 Å². The van der Waals surface area contributed by atoms with Crippen molar-refractivity contribution >= 4 is 6.03 Å². The number of carbonyl (C=O) groups excluding carboxylic acids is 1. The fourth-order valence-electron chi connectivity index (χ4n) is 1.97. The quantitative estimate of drug-likeness (QED) is 0.702. The van der Waals surface area contributed by atoms with Crippen molar-refractivity contribution in [2.45, 2.75) is 19.3 Å². The summed E-state index contributed by atoms with van der Waals surface area (Å²) < 4.78 is 10.8. The van der Waals surface area contributed by atoms with Crippen molar-refractivity contribution in [2.24, 2.45) is 5.92 Å². The van der Waals surface area contributed by atoms with E-state index in [-0.39, 0.29) is 6.03 Å². The minimum atomic E-state index is 0.0699. The predicted octanol–water partition coefficient (Wildman–Crippen LogP) is 0.845. The first-order valence-corrected chi connectivity index (χ1v) is 6.54. The number of rotatable bonds is 6.